The second kappa shape index (κ2) is 4.66. The minimum atomic E-state index is -0.382. The maximum Gasteiger partial charge on any atom is 0.231 e. The van der Waals surface area contributed by atoms with E-state index in [2.05, 4.69) is 15.5 Å². The van der Waals surface area contributed by atoms with Crippen LogP contribution in [0.1, 0.15) is 18.2 Å². The van der Waals surface area contributed by atoms with Gasteiger partial charge >= 0.3 is 0 Å². The van der Waals surface area contributed by atoms with Crippen LogP contribution >= 0.6 is 11.6 Å². The second-order valence-electron chi connectivity index (χ2n) is 4.27. The second-order valence-corrected chi connectivity index (χ2v) is 4.68. The summed E-state index contributed by atoms with van der Waals surface area (Å²) >= 11 is 5.96. The molecule has 1 aliphatic rings. The van der Waals surface area contributed by atoms with Crippen LogP contribution in [0.4, 0.5) is 4.39 Å². The maximum atomic E-state index is 13.0. The number of aromatic nitrogens is 2. The molecular formula is C12H11ClFN3O. The van der Waals surface area contributed by atoms with Gasteiger partial charge in [-0.05, 0) is 31.2 Å². The summed E-state index contributed by atoms with van der Waals surface area (Å²) in [4.78, 5) is 4.33. The predicted octanol–water partition coefficient (Wildman–Crippen LogP) is 2.61. The molecular weight excluding hydrogens is 257 g/mol. The lowest BCUT2D eigenvalue weighted by Crippen LogP contribution is -2.08. The molecule has 4 nitrogen and oxygen atoms in total. The van der Waals surface area contributed by atoms with Crippen LogP contribution in [0.2, 0.25) is 5.02 Å². The molecule has 0 aliphatic carbocycles. The molecule has 3 rings (SSSR count). The number of hydrogen-bond acceptors (Lipinski definition) is 4. The molecule has 0 saturated carbocycles. The molecule has 0 bridgehead atoms. The van der Waals surface area contributed by atoms with Crippen LogP contribution in [0.5, 0.6) is 0 Å². The summed E-state index contributed by atoms with van der Waals surface area (Å²) in [6, 6.07) is 4.12. The molecule has 2 aromatic rings. The van der Waals surface area contributed by atoms with Gasteiger partial charge in [0.15, 0.2) is 0 Å². The predicted molar refractivity (Wildman–Crippen MR) is 64.9 cm³/mol. The van der Waals surface area contributed by atoms with E-state index in [1.165, 1.54) is 12.1 Å². The third kappa shape index (κ3) is 2.11. The fraction of sp³-hybridized carbons (Fsp3) is 0.333. The molecule has 1 fully saturated rings. The summed E-state index contributed by atoms with van der Waals surface area (Å²) in [6.45, 7) is 1.80. The summed E-state index contributed by atoms with van der Waals surface area (Å²) in [6.07, 6.45) is 0.985. The van der Waals surface area contributed by atoms with E-state index in [9.17, 15) is 4.39 Å². The molecule has 94 valence electrons. The van der Waals surface area contributed by atoms with E-state index in [0.717, 1.165) is 19.5 Å². The van der Waals surface area contributed by atoms with Gasteiger partial charge in [-0.3, -0.25) is 0 Å². The number of nitrogens with one attached hydrogen (secondary N) is 1. The molecule has 2 heterocycles. The minimum Gasteiger partial charge on any atom is -0.339 e. The van der Waals surface area contributed by atoms with Crippen LogP contribution in [-0.4, -0.2) is 23.2 Å². The lowest BCUT2D eigenvalue weighted by atomic mass is 10.1. The molecule has 1 atom stereocenters. The van der Waals surface area contributed by atoms with Gasteiger partial charge in [-0.2, -0.15) is 4.98 Å². The topological polar surface area (TPSA) is 51.0 Å². The third-order valence-corrected chi connectivity index (χ3v) is 3.34. The van der Waals surface area contributed by atoms with Gasteiger partial charge in [-0.15, -0.1) is 0 Å². The average Bonchev–Trinajstić information content (AvgIpc) is 2.99. The fourth-order valence-electron chi connectivity index (χ4n) is 2.05. The summed E-state index contributed by atoms with van der Waals surface area (Å²) < 4.78 is 18.2. The van der Waals surface area contributed by atoms with Crippen molar-refractivity contribution in [2.24, 2.45) is 0 Å². The smallest absolute Gasteiger partial charge is 0.231 e. The first-order chi connectivity index (χ1) is 8.74. The van der Waals surface area contributed by atoms with Gasteiger partial charge in [0.05, 0.1) is 10.9 Å². The number of hydrogen-bond donors (Lipinski definition) is 1. The van der Waals surface area contributed by atoms with E-state index >= 15 is 0 Å². The zero-order chi connectivity index (χ0) is 12.5. The quantitative estimate of drug-likeness (QED) is 0.909. The highest BCUT2D eigenvalue weighted by atomic mass is 35.5. The first-order valence-corrected chi connectivity index (χ1v) is 6.11. The number of halogens is 2. The Labute approximate surface area is 108 Å². The van der Waals surface area contributed by atoms with Crippen molar-refractivity contribution in [2.45, 2.75) is 12.3 Å². The highest BCUT2D eigenvalue weighted by Crippen LogP contribution is 2.28. The van der Waals surface area contributed by atoms with Crippen LogP contribution in [0, 0.1) is 5.82 Å². The lowest BCUT2D eigenvalue weighted by molar-refractivity contribution is 0.359. The largest absolute Gasteiger partial charge is 0.339 e. The van der Waals surface area contributed by atoms with Crippen molar-refractivity contribution in [1.82, 2.24) is 15.5 Å². The van der Waals surface area contributed by atoms with Crippen molar-refractivity contribution in [1.29, 1.82) is 0 Å². The Kier molecular flexibility index (Phi) is 3.01. The molecule has 1 aromatic carbocycles. The molecule has 18 heavy (non-hydrogen) atoms. The van der Waals surface area contributed by atoms with Crippen molar-refractivity contribution in [2.75, 3.05) is 13.1 Å². The van der Waals surface area contributed by atoms with Gasteiger partial charge in [-0.1, -0.05) is 16.8 Å². The fourth-order valence-corrected chi connectivity index (χ4v) is 2.30. The molecule has 0 amide bonds. The van der Waals surface area contributed by atoms with Gasteiger partial charge in [0, 0.05) is 12.1 Å². The Morgan fingerprint density at radius 2 is 2.33 bits per heavy atom. The summed E-state index contributed by atoms with van der Waals surface area (Å²) in [7, 11) is 0. The van der Waals surface area contributed by atoms with Crippen LogP contribution in [-0.2, 0) is 0 Å². The zero-order valence-electron chi connectivity index (χ0n) is 9.49. The van der Waals surface area contributed by atoms with E-state index in [1.54, 1.807) is 6.07 Å². The summed E-state index contributed by atoms with van der Waals surface area (Å²) in [5, 5.41) is 7.42. The molecule has 1 aromatic heterocycles. The molecule has 6 heteroatoms. The van der Waals surface area contributed by atoms with Gasteiger partial charge in [0.25, 0.3) is 0 Å². The first kappa shape index (κ1) is 11.6. The summed E-state index contributed by atoms with van der Waals surface area (Å²) in [5.41, 5.74) is 0.582. The Hall–Kier alpha value is -1.46. The zero-order valence-corrected chi connectivity index (χ0v) is 10.2. The molecule has 1 unspecified atom stereocenters. The highest BCUT2D eigenvalue weighted by Gasteiger charge is 2.23. The van der Waals surface area contributed by atoms with E-state index in [4.69, 9.17) is 16.1 Å². The van der Waals surface area contributed by atoms with E-state index in [0.29, 0.717) is 17.3 Å². The number of nitrogens with zero attached hydrogens (tertiary/aromatic N) is 2. The number of rotatable bonds is 2. The standard InChI is InChI=1S/C12H11ClFN3O/c13-10-5-8(14)1-2-9(10)11-16-12(18-17-11)7-3-4-15-6-7/h1-2,5,7,15H,3-4,6H2. The Bertz CT molecular complexity index is 566. The van der Waals surface area contributed by atoms with Crippen LogP contribution in [0.3, 0.4) is 0 Å². The maximum absolute atomic E-state index is 13.0. The van der Waals surface area contributed by atoms with E-state index in [-0.39, 0.29) is 16.8 Å². The van der Waals surface area contributed by atoms with Crippen LogP contribution in [0.15, 0.2) is 22.7 Å². The van der Waals surface area contributed by atoms with Gasteiger partial charge in [0.2, 0.25) is 11.7 Å². The Morgan fingerprint density at radius 1 is 1.44 bits per heavy atom. The molecule has 1 N–H and O–H groups in total. The van der Waals surface area contributed by atoms with Crippen molar-refractivity contribution in [3.05, 3.63) is 34.9 Å². The third-order valence-electron chi connectivity index (χ3n) is 3.02. The van der Waals surface area contributed by atoms with E-state index in [1.807, 2.05) is 0 Å². The van der Waals surface area contributed by atoms with E-state index < -0.39 is 0 Å². The minimum absolute atomic E-state index is 0.255. The van der Waals surface area contributed by atoms with Gasteiger partial charge in [-0.25, -0.2) is 4.39 Å². The van der Waals surface area contributed by atoms with Gasteiger partial charge < -0.3 is 9.84 Å². The molecule has 0 spiro atoms. The average molecular weight is 268 g/mol. The van der Waals surface area contributed by atoms with Crippen molar-refractivity contribution in [3.63, 3.8) is 0 Å². The molecule has 1 aliphatic heterocycles. The van der Waals surface area contributed by atoms with Crippen molar-refractivity contribution in [3.8, 4) is 11.4 Å². The Morgan fingerprint density at radius 3 is 3.06 bits per heavy atom. The van der Waals surface area contributed by atoms with Crippen LogP contribution < -0.4 is 5.32 Å². The monoisotopic (exact) mass is 267 g/mol. The molecule has 1 saturated heterocycles. The molecule has 0 radical (unpaired) electrons. The SMILES string of the molecule is Fc1ccc(-c2noc(C3CCNC3)n2)c(Cl)c1. The van der Waals surface area contributed by atoms with Crippen molar-refractivity contribution < 1.29 is 8.91 Å². The Balaban J connectivity index is 1.92. The van der Waals surface area contributed by atoms with Crippen molar-refractivity contribution >= 4 is 11.6 Å². The van der Waals surface area contributed by atoms with Crippen LogP contribution in [0.25, 0.3) is 11.4 Å². The lowest BCUT2D eigenvalue weighted by Gasteiger charge is -1.99. The first-order valence-electron chi connectivity index (χ1n) is 5.74. The summed E-state index contributed by atoms with van der Waals surface area (Å²) in [5.74, 6) is 0.884. The number of benzene rings is 1. The van der Waals surface area contributed by atoms with Gasteiger partial charge in [0.1, 0.15) is 5.82 Å². The highest BCUT2D eigenvalue weighted by molar-refractivity contribution is 6.33. The normalized spacial score (nSPS) is 19.3.